The highest BCUT2D eigenvalue weighted by atomic mass is 35.5. The molecule has 1 N–H and O–H groups in total. The van der Waals surface area contributed by atoms with Crippen molar-refractivity contribution in [3.05, 3.63) is 76.2 Å². The van der Waals surface area contributed by atoms with Crippen LogP contribution in [0.3, 0.4) is 0 Å². The van der Waals surface area contributed by atoms with E-state index in [4.69, 9.17) is 16.3 Å². The van der Waals surface area contributed by atoms with Crippen molar-refractivity contribution < 1.29 is 22.7 Å². The van der Waals surface area contributed by atoms with Gasteiger partial charge in [0, 0.05) is 34.4 Å². The van der Waals surface area contributed by atoms with Crippen LogP contribution >= 0.6 is 11.6 Å². The second-order valence-corrected chi connectivity index (χ2v) is 6.92. The second kappa shape index (κ2) is 8.34. The van der Waals surface area contributed by atoms with Gasteiger partial charge in [0.1, 0.15) is 12.2 Å². The number of aryl methyl sites for hydroxylation is 1. The van der Waals surface area contributed by atoms with Crippen LogP contribution in [0.5, 0.6) is 0 Å². The monoisotopic (exact) mass is 423 g/mol. The van der Waals surface area contributed by atoms with Gasteiger partial charge in [-0.05, 0) is 42.8 Å². The van der Waals surface area contributed by atoms with Crippen molar-refractivity contribution in [2.75, 3.05) is 13.2 Å². The van der Waals surface area contributed by atoms with E-state index in [2.05, 4.69) is 15.3 Å². The third-order valence-corrected chi connectivity index (χ3v) is 4.39. The maximum atomic E-state index is 12.8. The number of ether oxygens (including phenoxy) is 1. The highest BCUT2D eigenvalue weighted by Gasteiger charge is 2.38. The summed E-state index contributed by atoms with van der Waals surface area (Å²) in [6.07, 6.45) is -0.298. The summed E-state index contributed by atoms with van der Waals surface area (Å²) in [5, 5.41) is 3.12. The van der Waals surface area contributed by atoms with Crippen molar-refractivity contribution in [3.63, 3.8) is 0 Å². The lowest BCUT2D eigenvalue weighted by Gasteiger charge is -2.31. The number of carbonyl (C=O) groups is 1. The van der Waals surface area contributed by atoms with Crippen LogP contribution in [0.1, 0.15) is 21.6 Å². The number of pyridine rings is 1. The van der Waals surface area contributed by atoms with E-state index in [-0.39, 0.29) is 6.54 Å². The first-order chi connectivity index (χ1) is 13.7. The number of amides is 1. The van der Waals surface area contributed by atoms with E-state index in [1.54, 1.807) is 43.3 Å². The molecule has 1 amide bonds. The molecule has 0 saturated heterocycles. The first kappa shape index (κ1) is 21.0. The van der Waals surface area contributed by atoms with Crippen LogP contribution in [-0.2, 0) is 10.3 Å². The van der Waals surface area contributed by atoms with Gasteiger partial charge in [-0.3, -0.25) is 14.8 Å². The van der Waals surface area contributed by atoms with Crippen molar-refractivity contribution in [1.82, 2.24) is 10.3 Å². The summed E-state index contributed by atoms with van der Waals surface area (Å²) in [4.78, 5) is 20.7. The van der Waals surface area contributed by atoms with Crippen LogP contribution in [0.15, 0.2) is 59.4 Å². The summed E-state index contributed by atoms with van der Waals surface area (Å²) >= 11 is 5.89. The van der Waals surface area contributed by atoms with Gasteiger partial charge in [0.05, 0.1) is 6.54 Å². The molecule has 3 rings (SSSR count). The van der Waals surface area contributed by atoms with Crippen LogP contribution in [0.2, 0.25) is 5.02 Å². The van der Waals surface area contributed by atoms with E-state index >= 15 is 0 Å². The molecule has 0 bridgehead atoms. The number of alkyl halides is 3. The van der Waals surface area contributed by atoms with Gasteiger partial charge in [0.2, 0.25) is 0 Å². The highest BCUT2D eigenvalue weighted by molar-refractivity contribution is 6.30. The van der Waals surface area contributed by atoms with Crippen LogP contribution in [0.25, 0.3) is 0 Å². The highest BCUT2D eigenvalue weighted by Crippen LogP contribution is 2.32. The van der Waals surface area contributed by atoms with Gasteiger partial charge < -0.3 is 10.1 Å². The van der Waals surface area contributed by atoms with Crippen LogP contribution in [-0.4, -0.2) is 36.4 Å². The molecule has 1 aliphatic rings. The number of aliphatic imine (C=N–C) groups is 1. The lowest BCUT2D eigenvalue weighted by Crippen LogP contribution is -2.38. The van der Waals surface area contributed by atoms with Crippen molar-refractivity contribution >= 4 is 23.7 Å². The van der Waals surface area contributed by atoms with Gasteiger partial charge in [0.25, 0.3) is 5.91 Å². The first-order valence-electron chi connectivity index (χ1n) is 8.60. The van der Waals surface area contributed by atoms with Crippen molar-refractivity contribution in [3.8, 4) is 0 Å². The van der Waals surface area contributed by atoms with Crippen LogP contribution in [0, 0.1) is 6.92 Å². The third-order valence-electron chi connectivity index (χ3n) is 4.14. The molecule has 0 spiro atoms. The number of halogens is 4. The number of nitrogens with one attached hydrogen (secondary N) is 1. The molecule has 0 aliphatic carbocycles. The molecule has 2 aromatic rings. The lowest BCUT2D eigenvalue weighted by molar-refractivity contribution is -0.188. The minimum atomic E-state index is -4.53. The van der Waals surface area contributed by atoms with Gasteiger partial charge in [-0.2, -0.15) is 13.2 Å². The molecule has 0 radical (unpaired) electrons. The Hall–Kier alpha value is -2.71. The van der Waals surface area contributed by atoms with E-state index < -0.39 is 24.3 Å². The van der Waals surface area contributed by atoms with E-state index in [1.165, 1.54) is 18.5 Å². The number of benzene rings is 1. The zero-order chi connectivity index (χ0) is 21.1. The minimum Gasteiger partial charge on any atom is -0.351 e. The van der Waals surface area contributed by atoms with Crippen molar-refractivity contribution in [1.29, 1.82) is 0 Å². The molecule has 1 unspecified atom stereocenters. The molecule has 0 fully saturated rings. The molecular formula is C20H17ClF3N3O2. The molecule has 29 heavy (non-hydrogen) atoms. The quantitative estimate of drug-likeness (QED) is 0.783. The molecule has 152 valence electrons. The topological polar surface area (TPSA) is 63.6 Å². The normalized spacial score (nSPS) is 19.0. The zero-order valence-corrected chi connectivity index (χ0v) is 16.1. The Labute approximate surface area is 170 Å². The fourth-order valence-electron chi connectivity index (χ4n) is 2.83. The molecule has 0 saturated carbocycles. The summed E-state index contributed by atoms with van der Waals surface area (Å²) in [6.45, 7) is 0.362. The average Bonchev–Trinajstić information content (AvgIpc) is 2.67. The number of dihydropyridines is 1. The SMILES string of the molecule is Cc1cc(C(=O)NC2=CC(OCC(F)(F)F)(c3ccc(Cl)cc3)C=NC2)ccn1. The molecule has 1 atom stereocenters. The van der Waals surface area contributed by atoms with Crippen LogP contribution < -0.4 is 5.32 Å². The summed E-state index contributed by atoms with van der Waals surface area (Å²) in [6, 6.07) is 9.35. The van der Waals surface area contributed by atoms with Gasteiger partial charge in [-0.1, -0.05) is 23.7 Å². The van der Waals surface area contributed by atoms with Gasteiger partial charge in [-0.25, -0.2) is 0 Å². The summed E-state index contributed by atoms with van der Waals surface area (Å²) in [5.41, 5.74) is 0.179. The standard InChI is InChI=1S/C20H17ClF3N3O2/c1-13-8-14(6-7-26-13)18(28)27-17-9-19(11-25-10-17,29-12-20(22,23)24)15-2-4-16(21)5-3-15/h2-9,11H,10,12H2,1H3,(H,27,28). The Morgan fingerprint density at radius 3 is 2.66 bits per heavy atom. The maximum absolute atomic E-state index is 12.8. The summed E-state index contributed by atoms with van der Waals surface area (Å²) in [5.74, 6) is -0.417. The number of carbonyl (C=O) groups excluding carboxylic acids is 1. The van der Waals surface area contributed by atoms with Crippen molar-refractivity contribution in [2.24, 2.45) is 4.99 Å². The first-order valence-corrected chi connectivity index (χ1v) is 8.98. The van der Waals surface area contributed by atoms with Crippen molar-refractivity contribution in [2.45, 2.75) is 18.7 Å². The van der Waals surface area contributed by atoms with E-state index in [9.17, 15) is 18.0 Å². The number of hydrogen-bond acceptors (Lipinski definition) is 4. The summed E-state index contributed by atoms with van der Waals surface area (Å²) in [7, 11) is 0. The van der Waals surface area contributed by atoms with E-state index in [0.29, 0.717) is 27.5 Å². The fraction of sp³-hybridized carbons (Fsp3) is 0.250. The Morgan fingerprint density at radius 2 is 2.00 bits per heavy atom. The fourth-order valence-corrected chi connectivity index (χ4v) is 2.96. The smallest absolute Gasteiger partial charge is 0.351 e. The van der Waals surface area contributed by atoms with Gasteiger partial charge >= 0.3 is 6.18 Å². The minimum absolute atomic E-state index is 0.0977. The Kier molecular flexibility index (Phi) is 6.04. The van der Waals surface area contributed by atoms with E-state index in [0.717, 1.165) is 0 Å². The van der Waals surface area contributed by atoms with Gasteiger partial charge in [0.15, 0.2) is 0 Å². The van der Waals surface area contributed by atoms with Gasteiger partial charge in [-0.15, -0.1) is 0 Å². The number of nitrogens with zero attached hydrogens (tertiary/aromatic N) is 2. The predicted molar refractivity (Wildman–Crippen MR) is 103 cm³/mol. The molecule has 9 heteroatoms. The molecule has 1 aromatic heterocycles. The van der Waals surface area contributed by atoms with Crippen LogP contribution in [0.4, 0.5) is 13.2 Å². The average molecular weight is 424 g/mol. The second-order valence-electron chi connectivity index (χ2n) is 6.48. The predicted octanol–water partition coefficient (Wildman–Crippen LogP) is 4.22. The zero-order valence-electron chi connectivity index (χ0n) is 15.3. The Balaban J connectivity index is 1.91. The Morgan fingerprint density at radius 1 is 1.28 bits per heavy atom. The Bertz CT molecular complexity index is 958. The van der Waals surface area contributed by atoms with E-state index in [1.807, 2.05) is 0 Å². The number of aromatic nitrogens is 1. The maximum Gasteiger partial charge on any atom is 0.411 e. The lowest BCUT2D eigenvalue weighted by atomic mass is 9.92. The summed E-state index contributed by atoms with van der Waals surface area (Å²) < 4.78 is 43.8. The number of hydrogen-bond donors (Lipinski definition) is 1. The molecule has 1 aliphatic heterocycles. The molecule has 1 aromatic carbocycles. The molecular weight excluding hydrogens is 407 g/mol. The molecule has 5 nitrogen and oxygen atoms in total. The largest absolute Gasteiger partial charge is 0.411 e. The third kappa shape index (κ3) is 5.42. The number of rotatable bonds is 5. The molecule has 2 heterocycles.